The Balaban J connectivity index is 2.04. The van der Waals surface area contributed by atoms with Crippen LogP contribution in [0.2, 0.25) is 0 Å². The van der Waals surface area contributed by atoms with Gasteiger partial charge in [0.25, 0.3) is 5.91 Å². The largest absolute Gasteiger partial charge is 0.271 e. The van der Waals surface area contributed by atoms with Gasteiger partial charge in [-0.15, -0.1) is 0 Å². The van der Waals surface area contributed by atoms with Gasteiger partial charge in [-0.1, -0.05) is 38.0 Å². The standard InChI is InChI=1S/C16H22N2O/c1-11-7-9-14(10-8-11)16(19)18-17-15-12(2)5-4-6-13(15)3/h7-10,12-13H,4-6H2,1-3H3,(H,18,19)/t12-,13-/m1/s1. The maximum absolute atomic E-state index is 12.0. The van der Waals surface area contributed by atoms with E-state index in [1.807, 2.05) is 31.2 Å². The number of carbonyl (C=O) groups excluding carboxylic acids is 1. The monoisotopic (exact) mass is 258 g/mol. The van der Waals surface area contributed by atoms with Gasteiger partial charge in [0.2, 0.25) is 0 Å². The lowest BCUT2D eigenvalue weighted by Crippen LogP contribution is -2.29. The molecule has 1 aromatic carbocycles. The van der Waals surface area contributed by atoms with Gasteiger partial charge < -0.3 is 0 Å². The van der Waals surface area contributed by atoms with Crippen molar-refractivity contribution >= 4 is 11.6 Å². The van der Waals surface area contributed by atoms with Gasteiger partial charge in [0, 0.05) is 11.3 Å². The van der Waals surface area contributed by atoms with Crippen molar-refractivity contribution in [2.75, 3.05) is 0 Å². The first kappa shape index (κ1) is 13.8. The van der Waals surface area contributed by atoms with Crippen molar-refractivity contribution in [1.29, 1.82) is 0 Å². The Hall–Kier alpha value is -1.64. The third-order valence-electron chi connectivity index (χ3n) is 3.88. The summed E-state index contributed by atoms with van der Waals surface area (Å²) < 4.78 is 0. The van der Waals surface area contributed by atoms with Crippen LogP contribution in [0.15, 0.2) is 29.4 Å². The molecule has 1 aliphatic rings. The first-order valence-corrected chi connectivity index (χ1v) is 7.02. The van der Waals surface area contributed by atoms with Crippen LogP contribution in [0.3, 0.4) is 0 Å². The molecule has 1 N–H and O–H groups in total. The number of benzene rings is 1. The summed E-state index contributed by atoms with van der Waals surface area (Å²) >= 11 is 0. The molecular weight excluding hydrogens is 236 g/mol. The summed E-state index contributed by atoms with van der Waals surface area (Å²) in [5, 5.41) is 4.36. The quantitative estimate of drug-likeness (QED) is 0.810. The van der Waals surface area contributed by atoms with Crippen LogP contribution in [0.25, 0.3) is 0 Å². The highest BCUT2D eigenvalue weighted by atomic mass is 16.2. The summed E-state index contributed by atoms with van der Waals surface area (Å²) in [7, 11) is 0. The van der Waals surface area contributed by atoms with Gasteiger partial charge in [-0.2, -0.15) is 5.10 Å². The molecule has 2 atom stereocenters. The fourth-order valence-electron chi connectivity index (χ4n) is 2.62. The van der Waals surface area contributed by atoms with Gasteiger partial charge in [0.15, 0.2) is 0 Å². The van der Waals surface area contributed by atoms with Gasteiger partial charge in [0.1, 0.15) is 0 Å². The molecule has 3 heteroatoms. The van der Waals surface area contributed by atoms with Crippen LogP contribution < -0.4 is 5.43 Å². The summed E-state index contributed by atoms with van der Waals surface area (Å²) in [6.07, 6.45) is 3.60. The molecule has 1 amide bonds. The number of nitrogens with zero attached hydrogens (tertiary/aromatic N) is 1. The number of carbonyl (C=O) groups is 1. The number of hydrogen-bond donors (Lipinski definition) is 1. The molecule has 0 bridgehead atoms. The Labute approximate surface area is 115 Å². The molecule has 0 unspecified atom stereocenters. The number of amides is 1. The molecule has 19 heavy (non-hydrogen) atoms. The van der Waals surface area contributed by atoms with Crippen molar-refractivity contribution in [3.05, 3.63) is 35.4 Å². The minimum absolute atomic E-state index is 0.127. The van der Waals surface area contributed by atoms with Gasteiger partial charge in [-0.25, -0.2) is 5.43 Å². The van der Waals surface area contributed by atoms with Gasteiger partial charge in [0.05, 0.1) is 0 Å². The zero-order valence-electron chi connectivity index (χ0n) is 11.9. The van der Waals surface area contributed by atoms with E-state index >= 15 is 0 Å². The van der Waals surface area contributed by atoms with E-state index in [1.165, 1.54) is 19.3 Å². The van der Waals surface area contributed by atoms with Crippen LogP contribution >= 0.6 is 0 Å². The number of hydrazone groups is 1. The Bertz CT molecular complexity index is 464. The highest BCUT2D eigenvalue weighted by Gasteiger charge is 2.23. The van der Waals surface area contributed by atoms with E-state index in [-0.39, 0.29) is 5.91 Å². The van der Waals surface area contributed by atoms with Gasteiger partial charge >= 0.3 is 0 Å². The molecule has 102 valence electrons. The predicted molar refractivity (Wildman–Crippen MR) is 78.3 cm³/mol. The van der Waals surface area contributed by atoms with Crippen molar-refractivity contribution in [3.63, 3.8) is 0 Å². The molecule has 0 saturated heterocycles. The Morgan fingerprint density at radius 1 is 1.16 bits per heavy atom. The SMILES string of the molecule is Cc1ccc(C(=O)NN=C2[C@H](C)CCC[C@H]2C)cc1. The molecular formula is C16H22N2O. The zero-order valence-corrected chi connectivity index (χ0v) is 11.9. The zero-order chi connectivity index (χ0) is 13.8. The van der Waals surface area contributed by atoms with Crippen LogP contribution in [0.1, 0.15) is 49.0 Å². The second-order valence-electron chi connectivity index (χ2n) is 5.58. The van der Waals surface area contributed by atoms with Crippen molar-refractivity contribution in [3.8, 4) is 0 Å². The molecule has 0 aromatic heterocycles. The molecule has 3 nitrogen and oxygen atoms in total. The first-order valence-electron chi connectivity index (χ1n) is 7.02. The Kier molecular flexibility index (Phi) is 4.35. The molecule has 1 saturated carbocycles. The minimum Gasteiger partial charge on any atom is -0.267 e. The Morgan fingerprint density at radius 3 is 2.32 bits per heavy atom. The second kappa shape index (κ2) is 6.00. The summed E-state index contributed by atoms with van der Waals surface area (Å²) in [6.45, 7) is 6.38. The molecule has 1 fully saturated rings. The van der Waals surface area contributed by atoms with E-state index < -0.39 is 0 Å². The molecule has 1 aliphatic carbocycles. The smallest absolute Gasteiger partial charge is 0.267 e. The number of rotatable bonds is 2. The topological polar surface area (TPSA) is 41.5 Å². The number of aryl methyl sites for hydroxylation is 1. The Morgan fingerprint density at radius 2 is 1.74 bits per heavy atom. The first-order chi connectivity index (χ1) is 9.08. The highest BCUT2D eigenvalue weighted by Crippen LogP contribution is 2.25. The lowest BCUT2D eigenvalue weighted by Gasteiger charge is -2.26. The fraction of sp³-hybridized carbons (Fsp3) is 0.500. The second-order valence-corrected chi connectivity index (χ2v) is 5.58. The van der Waals surface area contributed by atoms with E-state index in [9.17, 15) is 4.79 Å². The van der Waals surface area contributed by atoms with E-state index in [1.54, 1.807) is 0 Å². The molecule has 1 aromatic rings. The lowest BCUT2D eigenvalue weighted by atomic mass is 9.81. The van der Waals surface area contributed by atoms with E-state index in [0.717, 1.165) is 11.3 Å². The molecule has 0 heterocycles. The van der Waals surface area contributed by atoms with Crippen LogP contribution in [-0.2, 0) is 0 Å². The van der Waals surface area contributed by atoms with Gasteiger partial charge in [-0.05, 0) is 43.7 Å². The molecule has 2 rings (SSSR count). The van der Waals surface area contributed by atoms with Crippen LogP contribution in [0.5, 0.6) is 0 Å². The lowest BCUT2D eigenvalue weighted by molar-refractivity contribution is 0.0954. The molecule has 0 spiro atoms. The van der Waals surface area contributed by atoms with Crippen LogP contribution in [-0.4, -0.2) is 11.6 Å². The van der Waals surface area contributed by atoms with Crippen LogP contribution in [0, 0.1) is 18.8 Å². The van der Waals surface area contributed by atoms with Gasteiger partial charge in [-0.3, -0.25) is 4.79 Å². The summed E-state index contributed by atoms with van der Waals surface area (Å²) in [5.74, 6) is 0.821. The molecule has 0 radical (unpaired) electrons. The van der Waals surface area contributed by atoms with Crippen molar-refractivity contribution in [2.45, 2.75) is 40.0 Å². The summed E-state index contributed by atoms with van der Waals surface area (Å²) in [5.41, 5.74) is 5.64. The van der Waals surface area contributed by atoms with Crippen molar-refractivity contribution < 1.29 is 4.79 Å². The number of nitrogens with one attached hydrogen (secondary N) is 1. The van der Waals surface area contributed by atoms with E-state index in [0.29, 0.717) is 17.4 Å². The van der Waals surface area contributed by atoms with Crippen molar-refractivity contribution in [2.24, 2.45) is 16.9 Å². The van der Waals surface area contributed by atoms with E-state index in [4.69, 9.17) is 0 Å². The summed E-state index contributed by atoms with van der Waals surface area (Å²) in [6, 6.07) is 7.54. The third kappa shape index (κ3) is 3.43. The van der Waals surface area contributed by atoms with E-state index in [2.05, 4.69) is 24.4 Å². The maximum atomic E-state index is 12.0. The normalized spacial score (nSPS) is 23.0. The average Bonchev–Trinajstić information content (AvgIpc) is 2.38. The maximum Gasteiger partial charge on any atom is 0.271 e. The third-order valence-corrected chi connectivity index (χ3v) is 3.88. The predicted octanol–water partition coefficient (Wildman–Crippen LogP) is 3.54. The highest BCUT2D eigenvalue weighted by molar-refractivity contribution is 5.96. The minimum atomic E-state index is -0.127. The molecule has 0 aliphatic heterocycles. The van der Waals surface area contributed by atoms with Crippen LogP contribution in [0.4, 0.5) is 0 Å². The summed E-state index contributed by atoms with van der Waals surface area (Å²) in [4.78, 5) is 12.0. The van der Waals surface area contributed by atoms with Crippen molar-refractivity contribution in [1.82, 2.24) is 5.43 Å². The number of hydrogen-bond acceptors (Lipinski definition) is 2. The fourth-order valence-corrected chi connectivity index (χ4v) is 2.62. The average molecular weight is 258 g/mol.